The van der Waals surface area contributed by atoms with Crippen molar-refractivity contribution in [2.24, 2.45) is 0 Å². The van der Waals surface area contributed by atoms with Crippen molar-refractivity contribution in [2.45, 2.75) is 373 Å². The van der Waals surface area contributed by atoms with Crippen LogP contribution in [0.1, 0.15) is 361 Å². The Morgan fingerprint density at radius 1 is 0.395 bits per heavy atom. The van der Waals surface area contributed by atoms with Gasteiger partial charge in [-0.1, -0.05) is 344 Å². The predicted octanol–water partition coefficient (Wildman–Crippen LogP) is 24.1. The molecule has 0 aromatic rings. The number of hydrogen-bond donors (Lipinski definition) is 3. The summed E-state index contributed by atoms with van der Waals surface area (Å²) in [5.41, 5.74) is 0. The van der Waals surface area contributed by atoms with Gasteiger partial charge in [0.25, 0.3) is 0 Å². The second-order valence-corrected chi connectivity index (χ2v) is 28.1. The number of aliphatic hydroxyl groups is 1. The number of nitrogens with zero attached hydrogens (tertiary/aromatic N) is 1. The van der Waals surface area contributed by atoms with Crippen molar-refractivity contribution in [1.29, 1.82) is 0 Å². The van der Waals surface area contributed by atoms with Crippen LogP contribution in [-0.2, 0) is 18.4 Å². The van der Waals surface area contributed by atoms with Crippen LogP contribution in [0, 0.1) is 0 Å². The predicted molar refractivity (Wildman–Crippen MR) is 378 cm³/mol. The van der Waals surface area contributed by atoms with Gasteiger partial charge >= 0.3 is 7.82 Å². The molecule has 3 N–H and O–H groups in total. The van der Waals surface area contributed by atoms with Crippen molar-refractivity contribution in [3.05, 3.63) is 72.9 Å². The largest absolute Gasteiger partial charge is 0.472 e. The fraction of sp³-hybridized carbons (Fsp3) is 0.831. The van der Waals surface area contributed by atoms with Crippen LogP contribution in [0.4, 0.5) is 0 Å². The minimum Gasteiger partial charge on any atom is -0.387 e. The molecule has 3 unspecified atom stereocenters. The van der Waals surface area contributed by atoms with E-state index in [9.17, 15) is 19.4 Å². The molecule has 0 heterocycles. The third kappa shape index (κ3) is 69.4. The van der Waals surface area contributed by atoms with E-state index in [4.69, 9.17) is 9.05 Å². The lowest BCUT2D eigenvalue weighted by atomic mass is 10.0. The van der Waals surface area contributed by atoms with Crippen LogP contribution in [0.2, 0.25) is 0 Å². The molecule has 0 fully saturated rings. The lowest BCUT2D eigenvalue weighted by molar-refractivity contribution is -0.870. The van der Waals surface area contributed by atoms with Gasteiger partial charge in [-0.15, -0.1) is 0 Å². The lowest BCUT2D eigenvalue weighted by Gasteiger charge is -2.25. The molecule has 0 aliphatic rings. The lowest BCUT2D eigenvalue weighted by Crippen LogP contribution is -2.45. The first-order valence-electron chi connectivity index (χ1n) is 37.3. The van der Waals surface area contributed by atoms with Gasteiger partial charge in [0.2, 0.25) is 5.91 Å². The van der Waals surface area contributed by atoms with Gasteiger partial charge in [0, 0.05) is 6.42 Å². The van der Waals surface area contributed by atoms with E-state index in [2.05, 4.69) is 79.9 Å². The van der Waals surface area contributed by atoms with E-state index < -0.39 is 20.0 Å². The summed E-state index contributed by atoms with van der Waals surface area (Å²) in [7, 11) is 1.56. The Kier molecular flexibility index (Phi) is 65.7. The van der Waals surface area contributed by atoms with Crippen molar-refractivity contribution < 1.29 is 32.9 Å². The minimum absolute atomic E-state index is 0.0532. The zero-order chi connectivity index (χ0) is 62.6. The number of hydrogen-bond acceptors (Lipinski definition) is 5. The molecule has 0 spiro atoms. The Balaban J connectivity index is 4.04. The summed E-state index contributed by atoms with van der Waals surface area (Å²) < 4.78 is 23.8. The van der Waals surface area contributed by atoms with Gasteiger partial charge in [0.05, 0.1) is 39.9 Å². The van der Waals surface area contributed by atoms with Crippen molar-refractivity contribution in [2.75, 3.05) is 40.9 Å². The first kappa shape index (κ1) is 83.9. The second-order valence-electron chi connectivity index (χ2n) is 26.7. The first-order valence-corrected chi connectivity index (χ1v) is 38.8. The Morgan fingerprint density at radius 3 is 1.01 bits per heavy atom. The van der Waals surface area contributed by atoms with Crippen LogP contribution in [0.5, 0.6) is 0 Å². The number of carbonyl (C=O) groups is 1. The topological polar surface area (TPSA) is 105 Å². The molecular formula is C77H146N2O6P+. The van der Waals surface area contributed by atoms with Gasteiger partial charge in [-0.25, -0.2) is 4.57 Å². The van der Waals surface area contributed by atoms with E-state index in [0.717, 1.165) is 57.8 Å². The maximum absolute atomic E-state index is 13.1. The van der Waals surface area contributed by atoms with E-state index in [0.29, 0.717) is 17.4 Å². The Bertz CT molecular complexity index is 1630. The summed E-state index contributed by atoms with van der Waals surface area (Å²) >= 11 is 0. The van der Waals surface area contributed by atoms with Crippen molar-refractivity contribution >= 4 is 13.7 Å². The van der Waals surface area contributed by atoms with Crippen LogP contribution in [0.15, 0.2) is 72.9 Å². The van der Waals surface area contributed by atoms with Crippen LogP contribution < -0.4 is 5.32 Å². The van der Waals surface area contributed by atoms with E-state index in [-0.39, 0.29) is 19.1 Å². The molecule has 0 saturated heterocycles. The molecule has 86 heavy (non-hydrogen) atoms. The molecular weight excluding hydrogens is 1080 g/mol. The van der Waals surface area contributed by atoms with Gasteiger partial charge in [-0.05, 0) is 83.5 Å². The van der Waals surface area contributed by atoms with Gasteiger partial charge in [-0.3, -0.25) is 13.8 Å². The van der Waals surface area contributed by atoms with E-state index in [1.807, 2.05) is 27.2 Å². The Hall–Kier alpha value is -2.06. The first-order chi connectivity index (χ1) is 42.0. The SMILES string of the molecule is CCCCCCC/C=C\C/C=C\C/C=C\CCCCCCCCCCCCCCCCCCCCCCCCC(=O)NC(COP(=O)(O)OCC[N+](C)(C)C)C(O)/C=C/CC/C=C/CC/C=C/CCCCCCCCCCCCCCCCCCC. The van der Waals surface area contributed by atoms with Gasteiger partial charge in [0.1, 0.15) is 13.2 Å². The molecule has 3 atom stereocenters. The van der Waals surface area contributed by atoms with E-state index >= 15 is 0 Å². The fourth-order valence-corrected chi connectivity index (χ4v) is 11.8. The van der Waals surface area contributed by atoms with Gasteiger partial charge in [-0.2, -0.15) is 0 Å². The Morgan fingerprint density at radius 2 is 0.674 bits per heavy atom. The molecule has 0 aliphatic heterocycles. The number of rotatable bonds is 69. The minimum atomic E-state index is -4.37. The van der Waals surface area contributed by atoms with Crippen LogP contribution >= 0.6 is 7.82 Å². The third-order valence-corrected chi connectivity index (χ3v) is 17.9. The second kappa shape index (κ2) is 67.3. The standard InChI is InChI=1S/C77H145N2O6P/c1-6-8-10-12-14-16-18-20-22-24-26-28-30-32-34-35-36-37-38-39-40-41-42-43-45-47-49-51-53-55-57-59-61-63-65-67-69-71-77(81)78-75(74-85-86(82,83)84-73-72-79(3,4)5)76(80)70-68-66-64-62-60-58-56-54-52-50-48-46-44-33-31-29-27-25-23-21-19-17-15-13-11-9-7-2/h18,20,24,26,30,32,52,54,60,62,68,70,75-76,80H,6-17,19,21-23,25,27-29,31,33-51,53,55-59,61,63-67,69,71-74H2,1-5H3,(H-,78,81,82,83)/p+1/b20-18-,26-24-,32-30-,54-52+,62-60+,70-68+. The normalized spacial score (nSPS) is 14.0. The molecule has 0 aromatic heterocycles. The molecule has 0 rings (SSSR count). The quantitative estimate of drug-likeness (QED) is 0.0243. The average Bonchev–Trinajstić information content (AvgIpc) is 3.70. The zero-order valence-electron chi connectivity index (χ0n) is 57.8. The molecule has 0 aromatic carbocycles. The van der Waals surface area contributed by atoms with E-state index in [1.165, 1.54) is 283 Å². The number of phosphoric ester groups is 1. The van der Waals surface area contributed by atoms with Crippen molar-refractivity contribution in [3.8, 4) is 0 Å². The number of allylic oxidation sites excluding steroid dienone is 11. The third-order valence-electron chi connectivity index (χ3n) is 16.9. The highest BCUT2D eigenvalue weighted by atomic mass is 31.2. The highest BCUT2D eigenvalue weighted by Gasteiger charge is 2.28. The number of likely N-dealkylation sites (N-methyl/N-ethyl adjacent to an activating group) is 1. The highest BCUT2D eigenvalue weighted by Crippen LogP contribution is 2.43. The van der Waals surface area contributed by atoms with Crippen LogP contribution in [0.25, 0.3) is 0 Å². The summed E-state index contributed by atoms with van der Waals surface area (Å²) in [4.78, 5) is 23.4. The molecule has 504 valence electrons. The van der Waals surface area contributed by atoms with Crippen LogP contribution in [-0.4, -0.2) is 73.4 Å². The smallest absolute Gasteiger partial charge is 0.387 e. The number of unbranched alkanes of at least 4 members (excludes halogenated alkanes) is 46. The average molecular weight is 1230 g/mol. The maximum atomic E-state index is 13.1. The number of quaternary nitrogens is 1. The van der Waals surface area contributed by atoms with Gasteiger partial charge < -0.3 is 19.8 Å². The molecule has 9 heteroatoms. The number of nitrogens with one attached hydrogen (secondary N) is 1. The molecule has 8 nitrogen and oxygen atoms in total. The molecule has 0 aliphatic carbocycles. The monoisotopic (exact) mass is 1230 g/mol. The Labute approximate surface area is 535 Å². The molecule has 0 saturated carbocycles. The summed E-state index contributed by atoms with van der Waals surface area (Å²) in [6.45, 7) is 4.82. The fourth-order valence-electron chi connectivity index (χ4n) is 11.1. The summed E-state index contributed by atoms with van der Waals surface area (Å²) in [6.07, 6.45) is 95.1. The van der Waals surface area contributed by atoms with E-state index in [1.54, 1.807) is 6.08 Å². The number of amides is 1. The van der Waals surface area contributed by atoms with Gasteiger partial charge in [0.15, 0.2) is 0 Å². The number of phosphoric acid groups is 1. The maximum Gasteiger partial charge on any atom is 0.472 e. The zero-order valence-corrected chi connectivity index (χ0v) is 58.7. The molecule has 0 bridgehead atoms. The summed E-state index contributed by atoms with van der Waals surface area (Å²) in [5, 5.41) is 14.0. The number of aliphatic hydroxyl groups excluding tert-OH is 1. The molecule has 0 radical (unpaired) electrons. The van der Waals surface area contributed by atoms with Crippen LogP contribution in [0.3, 0.4) is 0 Å². The van der Waals surface area contributed by atoms with Crippen molar-refractivity contribution in [3.63, 3.8) is 0 Å². The summed E-state index contributed by atoms with van der Waals surface area (Å²) in [5.74, 6) is -0.186. The molecule has 1 amide bonds. The number of carbonyl (C=O) groups excluding carboxylic acids is 1. The highest BCUT2D eigenvalue weighted by molar-refractivity contribution is 7.47. The van der Waals surface area contributed by atoms with Crippen molar-refractivity contribution in [1.82, 2.24) is 5.32 Å². The summed E-state index contributed by atoms with van der Waals surface area (Å²) in [6, 6.07) is -0.873.